The van der Waals surface area contributed by atoms with E-state index in [0.717, 1.165) is 17.2 Å². The van der Waals surface area contributed by atoms with E-state index >= 15 is 0 Å². The van der Waals surface area contributed by atoms with Gasteiger partial charge in [0, 0.05) is 24.5 Å². The summed E-state index contributed by atoms with van der Waals surface area (Å²) in [5.74, 6) is 2.29. The molecule has 0 aliphatic carbocycles. The van der Waals surface area contributed by atoms with E-state index in [9.17, 15) is 0 Å². The van der Waals surface area contributed by atoms with Crippen molar-refractivity contribution in [2.24, 2.45) is 5.73 Å². The Labute approximate surface area is 83.7 Å². The molecule has 1 heterocycles. The summed E-state index contributed by atoms with van der Waals surface area (Å²) in [5.41, 5.74) is 6.71. The van der Waals surface area contributed by atoms with Crippen molar-refractivity contribution in [1.82, 2.24) is 9.55 Å². The lowest BCUT2D eigenvalue weighted by Crippen LogP contribution is -2.12. The summed E-state index contributed by atoms with van der Waals surface area (Å²) in [6, 6.07) is 0.492. The zero-order chi connectivity index (χ0) is 9.68. The number of thioether (sulfide) groups is 1. The van der Waals surface area contributed by atoms with Crippen molar-refractivity contribution in [2.75, 3.05) is 11.5 Å². The van der Waals surface area contributed by atoms with Gasteiger partial charge in [-0.25, -0.2) is 4.98 Å². The normalized spacial score (nSPS) is 13.2. The zero-order valence-corrected chi connectivity index (χ0v) is 9.05. The van der Waals surface area contributed by atoms with Gasteiger partial charge in [0.15, 0.2) is 0 Å². The highest BCUT2D eigenvalue weighted by atomic mass is 32.2. The topological polar surface area (TPSA) is 43.8 Å². The van der Waals surface area contributed by atoms with Crippen LogP contribution in [-0.2, 0) is 6.54 Å². The standard InChI is InChI=1S/C9H17N3S/c1-3-13-6-8(2)12-7-11-5-9(12)4-10/h5,7-8H,3-4,6,10H2,1-2H3. The molecule has 2 N–H and O–H groups in total. The second-order valence-electron chi connectivity index (χ2n) is 3.00. The van der Waals surface area contributed by atoms with Gasteiger partial charge in [-0.2, -0.15) is 11.8 Å². The molecule has 1 aromatic rings. The number of aromatic nitrogens is 2. The summed E-state index contributed by atoms with van der Waals surface area (Å²) in [6.07, 6.45) is 3.70. The highest BCUT2D eigenvalue weighted by Crippen LogP contribution is 2.15. The fraction of sp³-hybridized carbons (Fsp3) is 0.667. The van der Waals surface area contributed by atoms with Gasteiger partial charge in [0.05, 0.1) is 12.0 Å². The van der Waals surface area contributed by atoms with E-state index in [2.05, 4.69) is 23.4 Å². The first kappa shape index (κ1) is 10.6. The minimum absolute atomic E-state index is 0.492. The van der Waals surface area contributed by atoms with Gasteiger partial charge >= 0.3 is 0 Å². The molecule has 0 saturated heterocycles. The lowest BCUT2D eigenvalue weighted by atomic mass is 10.3. The molecule has 0 fully saturated rings. The average molecular weight is 199 g/mol. The van der Waals surface area contributed by atoms with E-state index < -0.39 is 0 Å². The number of nitrogens with zero attached hydrogens (tertiary/aromatic N) is 2. The molecular formula is C9H17N3S. The Kier molecular flexibility index (Phi) is 4.32. The summed E-state index contributed by atoms with van der Waals surface area (Å²) in [7, 11) is 0. The molecule has 0 aromatic carbocycles. The van der Waals surface area contributed by atoms with Gasteiger partial charge in [0.1, 0.15) is 0 Å². The molecule has 0 amide bonds. The molecule has 1 unspecified atom stereocenters. The molecule has 0 spiro atoms. The molecule has 0 radical (unpaired) electrons. The van der Waals surface area contributed by atoms with Crippen LogP contribution in [0.2, 0.25) is 0 Å². The molecule has 3 nitrogen and oxygen atoms in total. The predicted molar refractivity (Wildman–Crippen MR) is 57.8 cm³/mol. The molecule has 0 aliphatic rings. The summed E-state index contributed by atoms with van der Waals surface area (Å²) in [6.45, 7) is 4.94. The number of hydrogen-bond acceptors (Lipinski definition) is 3. The third-order valence-corrected chi connectivity index (χ3v) is 3.12. The first-order chi connectivity index (χ1) is 6.29. The molecule has 1 atom stereocenters. The van der Waals surface area contributed by atoms with Crippen molar-refractivity contribution in [3.63, 3.8) is 0 Å². The molecule has 1 rings (SSSR count). The molecule has 4 heteroatoms. The molecule has 1 aromatic heterocycles. The summed E-state index contributed by atoms with van der Waals surface area (Å²) >= 11 is 1.94. The Balaban J connectivity index is 2.59. The number of rotatable bonds is 5. The highest BCUT2D eigenvalue weighted by molar-refractivity contribution is 7.99. The van der Waals surface area contributed by atoms with Gasteiger partial charge < -0.3 is 10.3 Å². The van der Waals surface area contributed by atoms with Gasteiger partial charge in [-0.15, -0.1) is 0 Å². The van der Waals surface area contributed by atoms with Crippen LogP contribution in [0.1, 0.15) is 25.6 Å². The van der Waals surface area contributed by atoms with Crippen LogP contribution in [0, 0.1) is 0 Å². The Bertz CT molecular complexity index is 247. The predicted octanol–water partition coefficient (Wildman–Crippen LogP) is 1.66. The van der Waals surface area contributed by atoms with Gasteiger partial charge in [-0.05, 0) is 12.7 Å². The van der Waals surface area contributed by atoms with Crippen LogP contribution in [-0.4, -0.2) is 21.1 Å². The Morgan fingerprint density at radius 1 is 1.69 bits per heavy atom. The lowest BCUT2D eigenvalue weighted by Gasteiger charge is -2.14. The first-order valence-corrected chi connectivity index (χ1v) is 5.73. The summed E-state index contributed by atoms with van der Waals surface area (Å²) in [5, 5.41) is 0. The third kappa shape index (κ3) is 2.74. The van der Waals surface area contributed by atoms with Gasteiger partial charge in [0.2, 0.25) is 0 Å². The SMILES string of the molecule is CCSCC(C)n1cncc1CN. The van der Waals surface area contributed by atoms with Crippen molar-refractivity contribution in [2.45, 2.75) is 26.4 Å². The van der Waals surface area contributed by atoms with Gasteiger partial charge in [0.25, 0.3) is 0 Å². The largest absolute Gasteiger partial charge is 0.330 e. The maximum absolute atomic E-state index is 5.59. The van der Waals surface area contributed by atoms with Crippen LogP contribution in [0.25, 0.3) is 0 Å². The minimum atomic E-state index is 0.492. The number of imidazole rings is 1. The van der Waals surface area contributed by atoms with Crippen molar-refractivity contribution in [3.8, 4) is 0 Å². The van der Waals surface area contributed by atoms with E-state index in [1.807, 2.05) is 24.3 Å². The van der Waals surface area contributed by atoms with Crippen molar-refractivity contribution < 1.29 is 0 Å². The summed E-state index contributed by atoms with van der Waals surface area (Å²) < 4.78 is 2.16. The van der Waals surface area contributed by atoms with Crippen LogP contribution in [0.5, 0.6) is 0 Å². The van der Waals surface area contributed by atoms with E-state index in [1.165, 1.54) is 0 Å². The lowest BCUT2D eigenvalue weighted by molar-refractivity contribution is 0.583. The maximum atomic E-state index is 5.59. The van der Waals surface area contributed by atoms with E-state index in [4.69, 9.17) is 5.73 Å². The fourth-order valence-electron chi connectivity index (χ4n) is 1.26. The number of hydrogen-bond donors (Lipinski definition) is 1. The molecule has 74 valence electrons. The second-order valence-corrected chi connectivity index (χ2v) is 4.32. The minimum Gasteiger partial charge on any atom is -0.330 e. The molecule has 0 aliphatic heterocycles. The second kappa shape index (κ2) is 5.29. The smallest absolute Gasteiger partial charge is 0.0951 e. The Hall–Kier alpha value is -0.480. The van der Waals surface area contributed by atoms with Gasteiger partial charge in [-0.3, -0.25) is 0 Å². The monoisotopic (exact) mass is 199 g/mol. The van der Waals surface area contributed by atoms with Crippen LogP contribution in [0.4, 0.5) is 0 Å². The maximum Gasteiger partial charge on any atom is 0.0951 e. The summed E-state index contributed by atoms with van der Waals surface area (Å²) in [4.78, 5) is 4.10. The fourth-order valence-corrected chi connectivity index (χ4v) is 1.99. The Morgan fingerprint density at radius 3 is 3.08 bits per heavy atom. The average Bonchev–Trinajstić information content (AvgIpc) is 2.61. The van der Waals surface area contributed by atoms with Crippen molar-refractivity contribution in [1.29, 1.82) is 0 Å². The van der Waals surface area contributed by atoms with Crippen LogP contribution < -0.4 is 5.73 Å². The molecular weight excluding hydrogens is 182 g/mol. The zero-order valence-electron chi connectivity index (χ0n) is 8.23. The van der Waals surface area contributed by atoms with E-state index in [-0.39, 0.29) is 0 Å². The van der Waals surface area contributed by atoms with Crippen LogP contribution >= 0.6 is 11.8 Å². The quantitative estimate of drug-likeness (QED) is 0.784. The highest BCUT2D eigenvalue weighted by Gasteiger charge is 2.07. The van der Waals surface area contributed by atoms with Crippen molar-refractivity contribution >= 4 is 11.8 Å². The third-order valence-electron chi connectivity index (χ3n) is 1.99. The molecule has 0 saturated carbocycles. The van der Waals surface area contributed by atoms with Gasteiger partial charge in [-0.1, -0.05) is 6.92 Å². The first-order valence-electron chi connectivity index (χ1n) is 4.58. The van der Waals surface area contributed by atoms with Crippen molar-refractivity contribution in [3.05, 3.63) is 18.2 Å². The van der Waals surface area contributed by atoms with E-state index in [1.54, 1.807) is 0 Å². The number of nitrogens with two attached hydrogens (primary N) is 1. The van der Waals surface area contributed by atoms with E-state index in [0.29, 0.717) is 12.6 Å². The Morgan fingerprint density at radius 2 is 2.46 bits per heavy atom. The molecule has 13 heavy (non-hydrogen) atoms. The van der Waals surface area contributed by atoms with Crippen LogP contribution in [0.3, 0.4) is 0 Å². The van der Waals surface area contributed by atoms with Crippen LogP contribution in [0.15, 0.2) is 12.5 Å². The molecule has 0 bridgehead atoms.